The summed E-state index contributed by atoms with van der Waals surface area (Å²) < 4.78 is 81.1. The number of hydrogen-bond donors (Lipinski definition) is 1. The highest BCUT2D eigenvalue weighted by atomic mass is 32.1. The van der Waals surface area contributed by atoms with E-state index in [1.165, 1.54) is 4.90 Å². The molecule has 0 unspecified atom stereocenters. The first-order chi connectivity index (χ1) is 22.4. The van der Waals surface area contributed by atoms with E-state index in [1.807, 2.05) is 32.7 Å². The summed E-state index contributed by atoms with van der Waals surface area (Å²) in [5, 5.41) is 4.26. The molecule has 1 aliphatic heterocycles. The van der Waals surface area contributed by atoms with E-state index in [1.54, 1.807) is 49.7 Å². The maximum atomic E-state index is 14.8. The van der Waals surface area contributed by atoms with Gasteiger partial charge in [-0.05, 0) is 95.6 Å². The zero-order valence-electron chi connectivity index (χ0n) is 28.0. The zero-order chi connectivity index (χ0) is 35.0. The van der Waals surface area contributed by atoms with Crippen molar-refractivity contribution in [3.63, 3.8) is 0 Å². The highest BCUT2D eigenvalue weighted by Gasteiger charge is 2.35. The molecule has 13 heteroatoms. The van der Waals surface area contributed by atoms with Crippen LogP contribution in [0.1, 0.15) is 50.5 Å². The van der Waals surface area contributed by atoms with Gasteiger partial charge in [-0.3, -0.25) is 4.90 Å². The summed E-state index contributed by atoms with van der Waals surface area (Å²) in [5.74, 6) is 6.00. The summed E-state index contributed by atoms with van der Waals surface area (Å²) >= 11 is 1.11. The molecular formula is C35H42F4N3O4PS. The van der Waals surface area contributed by atoms with Crippen molar-refractivity contribution in [1.29, 1.82) is 0 Å². The van der Waals surface area contributed by atoms with Crippen LogP contribution in [0.5, 0.6) is 5.75 Å². The minimum atomic E-state index is -4.48. The molecule has 2 atom stereocenters. The number of hydrogen-bond acceptors (Lipinski definition) is 7. The van der Waals surface area contributed by atoms with Gasteiger partial charge in [-0.1, -0.05) is 24.0 Å². The molecule has 1 amide bonds. The summed E-state index contributed by atoms with van der Waals surface area (Å²) in [6, 6.07) is 9.70. The number of ether oxygens (including phenoxy) is 2. The van der Waals surface area contributed by atoms with Gasteiger partial charge in [0.1, 0.15) is 19.1 Å². The molecule has 0 bridgehead atoms. The average Bonchev–Trinajstić information content (AvgIpc) is 3.72. The molecule has 0 spiro atoms. The molecule has 5 rings (SSSR count). The number of benzene rings is 2. The molecule has 2 heterocycles. The Morgan fingerprint density at radius 2 is 1.88 bits per heavy atom. The van der Waals surface area contributed by atoms with Crippen LogP contribution in [0.25, 0.3) is 10.1 Å². The molecule has 0 radical (unpaired) electrons. The fourth-order valence-corrected chi connectivity index (χ4v) is 7.71. The van der Waals surface area contributed by atoms with Crippen LogP contribution in [0.15, 0.2) is 36.4 Å². The number of rotatable bonds is 8. The molecule has 1 saturated heterocycles. The van der Waals surface area contributed by atoms with Crippen molar-refractivity contribution < 1.29 is 36.4 Å². The first-order valence-electron chi connectivity index (χ1n) is 15.9. The molecule has 1 N–H and O–H groups in total. The third-order valence-corrected chi connectivity index (χ3v) is 10.9. The molecule has 1 aliphatic carbocycles. The normalized spacial score (nSPS) is 19.0. The number of nitrogens with zero attached hydrogens (tertiary/aromatic N) is 2. The van der Waals surface area contributed by atoms with Gasteiger partial charge in [0.15, 0.2) is 6.61 Å². The fourth-order valence-electron chi connectivity index (χ4n) is 5.67. The standard InChI is InChI=1S/C35H42F4N3O4PS/c1-34(2,3)42(29-15-14-23(47(5,6)44)19-30(29)46-22-12-13-22)33(43)45-18-8-11-31-25(20-35(37,38)39)24-9-7-10-28(32(24)48-31)40-27-16-17-41(4)21-26(27)36/h7,9-10,14-15,19,22,26-27,40H,12-13,16-18,20-21H2,1-6H3/t26-,27+/m0/s1. The Morgan fingerprint density at radius 1 is 1.15 bits per heavy atom. The molecule has 2 aliphatic rings. The van der Waals surface area contributed by atoms with E-state index in [-0.39, 0.29) is 29.7 Å². The molecule has 7 nitrogen and oxygen atoms in total. The Kier molecular flexibility index (Phi) is 10.5. The van der Waals surface area contributed by atoms with Crippen molar-refractivity contribution in [2.45, 2.75) is 76.5 Å². The van der Waals surface area contributed by atoms with Crippen molar-refractivity contribution in [3.05, 3.63) is 46.8 Å². The lowest BCUT2D eigenvalue weighted by atomic mass is 10.0. The van der Waals surface area contributed by atoms with Gasteiger partial charge in [-0.25, -0.2) is 9.18 Å². The lowest BCUT2D eigenvalue weighted by Gasteiger charge is -2.35. The molecule has 3 aromatic rings. The van der Waals surface area contributed by atoms with Crippen LogP contribution in [-0.2, 0) is 15.7 Å². The summed E-state index contributed by atoms with van der Waals surface area (Å²) in [4.78, 5) is 17.1. The second-order valence-corrected chi connectivity index (χ2v) is 18.1. The topological polar surface area (TPSA) is 71.1 Å². The number of carbonyl (C=O) groups is 1. The number of amides is 1. The third-order valence-electron chi connectivity index (χ3n) is 8.23. The summed E-state index contributed by atoms with van der Waals surface area (Å²) in [6.07, 6.45) is -5.14. The average molecular weight is 708 g/mol. The Hall–Kier alpha value is -3.26. The maximum Gasteiger partial charge on any atom is 0.415 e. The number of fused-ring (bicyclic) bond motifs is 1. The number of likely N-dealkylation sites (tertiary alicyclic amines) is 1. The number of alkyl halides is 4. The van der Waals surface area contributed by atoms with Crippen LogP contribution in [0.2, 0.25) is 0 Å². The van der Waals surface area contributed by atoms with Crippen LogP contribution in [0, 0.1) is 11.8 Å². The Balaban J connectivity index is 1.40. The van der Waals surface area contributed by atoms with Gasteiger partial charge in [-0.15, -0.1) is 11.3 Å². The van der Waals surface area contributed by atoms with E-state index in [0.717, 1.165) is 24.2 Å². The number of anilines is 2. The molecule has 260 valence electrons. The number of carbonyl (C=O) groups excluding carboxylic acids is 1. The van der Waals surface area contributed by atoms with Crippen molar-refractivity contribution in [1.82, 2.24) is 4.90 Å². The molecule has 2 fully saturated rings. The lowest BCUT2D eigenvalue weighted by molar-refractivity contribution is -0.126. The van der Waals surface area contributed by atoms with Gasteiger partial charge >= 0.3 is 12.3 Å². The molecule has 48 heavy (non-hydrogen) atoms. The predicted molar refractivity (Wildman–Crippen MR) is 186 cm³/mol. The van der Waals surface area contributed by atoms with Crippen molar-refractivity contribution in [2.75, 3.05) is 50.3 Å². The highest BCUT2D eigenvalue weighted by molar-refractivity contribution is 7.70. The Morgan fingerprint density at radius 3 is 2.50 bits per heavy atom. The molecule has 1 aromatic heterocycles. The number of halogens is 4. The van der Waals surface area contributed by atoms with Gasteiger partial charge in [-0.2, -0.15) is 13.2 Å². The van der Waals surface area contributed by atoms with Crippen LogP contribution in [0.4, 0.5) is 33.7 Å². The molecule has 1 saturated carbocycles. The second-order valence-electron chi connectivity index (χ2n) is 13.9. The van der Waals surface area contributed by atoms with E-state index < -0.39 is 43.6 Å². The maximum absolute atomic E-state index is 14.8. The van der Waals surface area contributed by atoms with E-state index in [9.17, 15) is 26.9 Å². The summed E-state index contributed by atoms with van der Waals surface area (Å²) in [7, 11) is -0.753. The van der Waals surface area contributed by atoms with Gasteiger partial charge < -0.3 is 24.3 Å². The van der Waals surface area contributed by atoms with E-state index in [4.69, 9.17) is 9.47 Å². The van der Waals surface area contributed by atoms with Gasteiger partial charge in [0, 0.05) is 23.9 Å². The van der Waals surface area contributed by atoms with E-state index in [2.05, 4.69) is 17.2 Å². The zero-order valence-corrected chi connectivity index (χ0v) is 29.8. The number of thiophene rings is 1. The minimum absolute atomic E-state index is 0.0153. The third kappa shape index (κ3) is 8.85. The first kappa shape index (κ1) is 36.0. The number of piperidine rings is 1. The van der Waals surface area contributed by atoms with Crippen LogP contribution < -0.4 is 20.3 Å². The smallest absolute Gasteiger partial charge is 0.415 e. The van der Waals surface area contributed by atoms with Gasteiger partial charge in [0.25, 0.3) is 0 Å². The SMILES string of the molecule is CN1CC[C@@H](Nc2cccc3c(CC(F)(F)F)c(C#CCOC(=O)N(c4ccc(P(C)(C)=O)cc4OC4CC4)C(C)(C)C)sc23)[C@@H](F)C1. The second kappa shape index (κ2) is 13.9. The van der Waals surface area contributed by atoms with Crippen molar-refractivity contribution in [2.24, 2.45) is 0 Å². The highest BCUT2D eigenvalue weighted by Crippen LogP contribution is 2.42. The monoisotopic (exact) mass is 707 g/mol. The Bertz CT molecular complexity index is 1770. The van der Waals surface area contributed by atoms with E-state index in [0.29, 0.717) is 45.5 Å². The van der Waals surface area contributed by atoms with Crippen LogP contribution in [0.3, 0.4) is 0 Å². The molecule has 2 aromatic carbocycles. The summed E-state index contributed by atoms with van der Waals surface area (Å²) in [6.45, 7) is 9.46. The summed E-state index contributed by atoms with van der Waals surface area (Å²) in [5.41, 5.74) is 0.308. The molecular weight excluding hydrogens is 665 g/mol. The first-order valence-corrected chi connectivity index (χ1v) is 19.3. The predicted octanol–water partition coefficient (Wildman–Crippen LogP) is 8.04. The number of nitrogens with one attached hydrogen (secondary N) is 1. The van der Waals surface area contributed by atoms with Crippen LogP contribution in [-0.4, -0.2) is 81.1 Å². The van der Waals surface area contributed by atoms with Crippen LogP contribution >= 0.6 is 18.5 Å². The van der Waals surface area contributed by atoms with Crippen molar-refractivity contribution in [3.8, 4) is 17.6 Å². The largest absolute Gasteiger partial charge is 0.488 e. The quantitative estimate of drug-likeness (QED) is 0.145. The Labute approximate surface area is 283 Å². The van der Waals surface area contributed by atoms with Crippen molar-refractivity contribution >= 4 is 51.3 Å². The van der Waals surface area contributed by atoms with E-state index >= 15 is 0 Å². The lowest BCUT2D eigenvalue weighted by Crippen LogP contribution is -2.46. The minimum Gasteiger partial charge on any atom is -0.488 e. The fraction of sp³-hybridized carbons (Fsp3) is 0.514. The van der Waals surface area contributed by atoms with Gasteiger partial charge in [0.05, 0.1) is 39.5 Å². The van der Waals surface area contributed by atoms with Gasteiger partial charge in [0.2, 0.25) is 0 Å².